The molecule has 0 aromatic heterocycles. The van der Waals surface area contributed by atoms with Crippen LogP contribution in [0.1, 0.15) is 26.3 Å². The number of carbonyl (C=O) groups is 2. The van der Waals surface area contributed by atoms with E-state index in [9.17, 15) is 9.59 Å². The Balaban J connectivity index is 2.59. The molecule has 0 amide bonds. The summed E-state index contributed by atoms with van der Waals surface area (Å²) in [6, 6.07) is 9.36. The first-order chi connectivity index (χ1) is 12.2. The van der Waals surface area contributed by atoms with Crippen molar-refractivity contribution in [2.24, 2.45) is 0 Å². The molecule has 144 valence electrons. The van der Waals surface area contributed by atoms with E-state index in [0.29, 0.717) is 0 Å². The largest absolute Gasteiger partial charge is 0.505 e. The molecule has 0 saturated heterocycles. The molecule has 0 aliphatic rings. The fraction of sp³-hybridized carbons (Fsp3) is 0.444. The summed E-state index contributed by atoms with van der Waals surface area (Å²) in [4.78, 5) is 32.7. The maximum Gasteiger partial charge on any atom is 0.505 e. The Hall–Kier alpha value is -2.42. The molecule has 0 aliphatic carbocycles. The van der Waals surface area contributed by atoms with Gasteiger partial charge in [-0.05, 0) is 26.3 Å². The monoisotopic (exact) mass is 368 g/mol. The lowest BCUT2D eigenvalue weighted by Crippen LogP contribution is -2.32. The van der Waals surface area contributed by atoms with Crippen molar-refractivity contribution in [3.63, 3.8) is 0 Å². The highest BCUT2D eigenvalue weighted by atomic mass is 17.2. The average molecular weight is 368 g/mol. The molecule has 0 spiro atoms. The fourth-order valence-electron chi connectivity index (χ4n) is 1.73. The van der Waals surface area contributed by atoms with E-state index in [1.165, 1.54) is 6.92 Å². The third kappa shape index (κ3) is 8.11. The first kappa shape index (κ1) is 21.6. The zero-order chi connectivity index (χ0) is 19.6. The van der Waals surface area contributed by atoms with Gasteiger partial charge in [-0.3, -0.25) is 0 Å². The lowest BCUT2D eigenvalue weighted by molar-refractivity contribution is -0.421. The van der Waals surface area contributed by atoms with Crippen molar-refractivity contribution in [1.82, 2.24) is 0 Å². The van der Waals surface area contributed by atoms with Gasteiger partial charge in [-0.1, -0.05) is 36.9 Å². The second kappa shape index (κ2) is 10.5. The van der Waals surface area contributed by atoms with Crippen LogP contribution in [0.2, 0.25) is 0 Å². The summed E-state index contributed by atoms with van der Waals surface area (Å²) in [6.07, 6.45) is -2.56. The van der Waals surface area contributed by atoms with Crippen LogP contribution in [0.4, 0.5) is 4.79 Å². The first-order valence-electron chi connectivity index (χ1n) is 7.92. The Morgan fingerprint density at radius 1 is 1.19 bits per heavy atom. The number of carboxylic acid groups (broad SMARTS) is 1. The van der Waals surface area contributed by atoms with Crippen molar-refractivity contribution >= 4 is 12.1 Å². The average Bonchev–Trinajstić information content (AvgIpc) is 2.59. The summed E-state index contributed by atoms with van der Waals surface area (Å²) in [5.74, 6) is -0.665. The summed E-state index contributed by atoms with van der Waals surface area (Å²) in [5, 5.41) is 8.38. The van der Waals surface area contributed by atoms with Crippen molar-refractivity contribution < 1.29 is 38.7 Å². The highest BCUT2D eigenvalue weighted by molar-refractivity contribution is 5.87. The molecule has 1 N–H and O–H groups in total. The van der Waals surface area contributed by atoms with E-state index in [0.717, 1.165) is 5.56 Å². The van der Waals surface area contributed by atoms with Crippen molar-refractivity contribution in [3.05, 3.63) is 48.0 Å². The van der Waals surface area contributed by atoms with E-state index in [2.05, 4.69) is 11.3 Å². The number of esters is 1. The Morgan fingerprint density at radius 3 is 2.42 bits per heavy atom. The highest BCUT2D eigenvalue weighted by Gasteiger charge is 2.26. The van der Waals surface area contributed by atoms with Gasteiger partial charge in [0.25, 0.3) is 6.29 Å². The predicted molar refractivity (Wildman–Crippen MR) is 91.1 cm³/mol. The van der Waals surface area contributed by atoms with E-state index in [1.807, 2.05) is 30.3 Å². The molecule has 0 fully saturated rings. The molecule has 1 atom stereocenters. The molecule has 0 radical (unpaired) electrons. The fourth-order valence-corrected chi connectivity index (χ4v) is 1.73. The molecule has 0 bridgehead atoms. The van der Waals surface area contributed by atoms with Crippen molar-refractivity contribution in [2.75, 3.05) is 19.8 Å². The van der Waals surface area contributed by atoms with Gasteiger partial charge in [0.05, 0.1) is 6.61 Å². The SMILES string of the molecule is C=C(C)C(=O)OC(COCCOC(=O)O)OOC(C)(C)c1ccccc1. The molecular weight excluding hydrogens is 344 g/mol. The Kier molecular flexibility index (Phi) is 8.77. The van der Waals surface area contributed by atoms with Gasteiger partial charge < -0.3 is 19.3 Å². The minimum atomic E-state index is -1.40. The third-order valence-electron chi connectivity index (χ3n) is 3.13. The van der Waals surface area contributed by atoms with Crippen LogP contribution in [0.15, 0.2) is 42.5 Å². The molecule has 8 nitrogen and oxygen atoms in total. The second-order valence-corrected chi connectivity index (χ2v) is 5.86. The van der Waals surface area contributed by atoms with Gasteiger partial charge >= 0.3 is 12.1 Å². The molecule has 8 heteroatoms. The molecule has 1 aromatic carbocycles. The van der Waals surface area contributed by atoms with Gasteiger partial charge in [-0.25, -0.2) is 14.5 Å². The van der Waals surface area contributed by atoms with E-state index < -0.39 is 24.0 Å². The lowest BCUT2D eigenvalue weighted by atomic mass is 9.99. The van der Waals surface area contributed by atoms with Crippen LogP contribution >= 0.6 is 0 Å². The van der Waals surface area contributed by atoms with Crippen molar-refractivity contribution in [3.8, 4) is 0 Å². The van der Waals surface area contributed by atoms with Crippen LogP contribution in [0.3, 0.4) is 0 Å². The predicted octanol–water partition coefficient (Wildman–Crippen LogP) is 3.03. The van der Waals surface area contributed by atoms with Gasteiger partial charge in [0.15, 0.2) is 0 Å². The maximum absolute atomic E-state index is 11.7. The normalized spacial score (nSPS) is 12.3. The van der Waals surface area contributed by atoms with Gasteiger partial charge in [-0.2, -0.15) is 4.89 Å². The molecule has 26 heavy (non-hydrogen) atoms. The quantitative estimate of drug-likeness (QED) is 0.159. The Morgan fingerprint density at radius 2 is 1.85 bits per heavy atom. The Bertz CT molecular complexity index is 596. The molecule has 0 aliphatic heterocycles. The number of rotatable bonds is 11. The number of ether oxygens (including phenoxy) is 3. The van der Waals surface area contributed by atoms with Crippen LogP contribution in [0, 0.1) is 0 Å². The minimum Gasteiger partial charge on any atom is -0.450 e. The number of hydrogen-bond acceptors (Lipinski definition) is 7. The van der Waals surface area contributed by atoms with Gasteiger partial charge in [0, 0.05) is 5.57 Å². The standard InChI is InChI=1S/C18H24O8/c1-13(2)16(19)24-15(12-22-10-11-23-17(20)21)25-26-18(3,4)14-8-6-5-7-9-14/h5-9,15H,1,10-12H2,2-4H3,(H,20,21). The molecule has 1 aromatic rings. The first-order valence-corrected chi connectivity index (χ1v) is 7.92. The maximum atomic E-state index is 11.7. The second-order valence-electron chi connectivity index (χ2n) is 5.86. The molecule has 1 rings (SSSR count). The summed E-state index contributed by atoms with van der Waals surface area (Å²) in [7, 11) is 0. The van der Waals surface area contributed by atoms with E-state index in [4.69, 9.17) is 24.4 Å². The molecule has 0 saturated carbocycles. The van der Waals surface area contributed by atoms with Crippen LogP contribution in [-0.4, -0.2) is 43.3 Å². The smallest absolute Gasteiger partial charge is 0.450 e. The highest BCUT2D eigenvalue weighted by Crippen LogP contribution is 2.25. The van der Waals surface area contributed by atoms with Crippen molar-refractivity contribution in [1.29, 1.82) is 0 Å². The summed E-state index contributed by atoms with van der Waals surface area (Å²) in [5.41, 5.74) is 0.248. The van der Waals surface area contributed by atoms with Crippen LogP contribution in [0.5, 0.6) is 0 Å². The minimum absolute atomic E-state index is 0.0289. The van der Waals surface area contributed by atoms with Crippen LogP contribution in [-0.2, 0) is 34.4 Å². The Labute approximate surface area is 152 Å². The molecule has 1 unspecified atom stereocenters. The van der Waals surface area contributed by atoms with Crippen molar-refractivity contribution in [2.45, 2.75) is 32.7 Å². The number of hydrogen-bond donors (Lipinski definition) is 1. The van der Waals surface area contributed by atoms with Crippen LogP contribution < -0.4 is 0 Å². The molecule has 0 heterocycles. The summed E-state index contributed by atoms with van der Waals surface area (Å²) < 4.78 is 14.6. The number of carbonyl (C=O) groups excluding carboxylic acids is 1. The van der Waals surface area contributed by atoms with Crippen LogP contribution in [0.25, 0.3) is 0 Å². The van der Waals surface area contributed by atoms with E-state index in [1.54, 1.807) is 13.8 Å². The summed E-state index contributed by atoms with van der Waals surface area (Å²) in [6.45, 7) is 8.22. The zero-order valence-corrected chi connectivity index (χ0v) is 15.1. The lowest BCUT2D eigenvalue weighted by Gasteiger charge is -2.27. The van der Waals surface area contributed by atoms with Gasteiger partial charge in [-0.15, -0.1) is 0 Å². The van der Waals surface area contributed by atoms with Gasteiger partial charge in [0.1, 0.15) is 18.8 Å². The zero-order valence-electron chi connectivity index (χ0n) is 15.1. The van der Waals surface area contributed by atoms with E-state index >= 15 is 0 Å². The topological polar surface area (TPSA) is 101 Å². The molecular formula is C18H24O8. The number of benzene rings is 1. The van der Waals surface area contributed by atoms with Gasteiger partial charge in [0.2, 0.25) is 0 Å². The third-order valence-corrected chi connectivity index (χ3v) is 3.13. The van der Waals surface area contributed by atoms with E-state index in [-0.39, 0.29) is 25.4 Å². The summed E-state index contributed by atoms with van der Waals surface area (Å²) >= 11 is 0.